The first-order valence-electron chi connectivity index (χ1n) is 7.16. The van der Waals surface area contributed by atoms with Gasteiger partial charge in [0, 0.05) is 43.4 Å². The number of rotatable bonds is 2. The molecule has 6 heteroatoms. The highest BCUT2D eigenvalue weighted by atomic mass is 32.1. The van der Waals surface area contributed by atoms with Gasteiger partial charge in [0.1, 0.15) is 5.82 Å². The summed E-state index contributed by atoms with van der Waals surface area (Å²) in [6, 6.07) is 2.14. The third-order valence-corrected chi connectivity index (χ3v) is 5.25. The van der Waals surface area contributed by atoms with Crippen molar-refractivity contribution in [3.05, 3.63) is 40.5 Å². The molecule has 2 aromatic rings. The van der Waals surface area contributed by atoms with E-state index in [9.17, 15) is 4.79 Å². The molecule has 1 amide bonds. The predicted octanol–water partition coefficient (Wildman–Crippen LogP) is 1.56. The Kier molecular flexibility index (Phi) is 3.11. The number of fused-ring (bicyclic) bond motifs is 1. The van der Waals surface area contributed by atoms with Gasteiger partial charge in [-0.1, -0.05) is 0 Å². The lowest BCUT2D eigenvalue weighted by molar-refractivity contribution is -0.137. The number of thiophene rings is 1. The van der Waals surface area contributed by atoms with Gasteiger partial charge in [0.25, 0.3) is 0 Å². The second-order valence-corrected chi connectivity index (χ2v) is 6.54. The first kappa shape index (κ1) is 12.8. The molecule has 0 bridgehead atoms. The van der Waals surface area contributed by atoms with Crippen LogP contribution in [0.4, 0.5) is 5.82 Å². The molecule has 0 aliphatic carbocycles. The van der Waals surface area contributed by atoms with Crippen molar-refractivity contribution in [1.29, 1.82) is 0 Å². The van der Waals surface area contributed by atoms with Gasteiger partial charge in [0.05, 0.1) is 12.1 Å². The monoisotopic (exact) mass is 300 g/mol. The smallest absolute Gasteiger partial charge is 0.229 e. The van der Waals surface area contributed by atoms with E-state index < -0.39 is 0 Å². The fourth-order valence-electron chi connectivity index (χ4n) is 2.97. The van der Waals surface area contributed by atoms with Crippen LogP contribution in [0.3, 0.4) is 0 Å². The maximum absolute atomic E-state index is 12.6. The van der Waals surface area contributed by atoms with Gasteiger partial charge in [-0.2, -0.15) is 0 Å². The second-order valence-electron chi connectivity index (χ2n) is 5.54. The zero-order chi connectivity index (χ0) is 14.2. The molecule has 0 aromatic carbocycles. The molecule has 1 fully saturated rings. The molecule has 1 saturated heterocycles. The van der Waals surface area contributed by atoms with E-state index in [1.54, 1.807) is 29.9 Å². The number of amides is 1. The summed E-state index contributed by atoms with van der Waals surface area (Å²) in [4.78, 5) is 26.4. The quantitative estimate of drug-likeness (QED) is 0.844. The van der Waals surface area contributed by atoms with Gasteiger partial charge >= 0.3 is 0 Å². The Morgan fingerprint density at radius 2 is 2.24 bits per heavy atom. The third kappa shape index (κ3) is 2.29. The van der Waals surface area contributed by atoms with E-state index in [4.69, 9.17) is 0 Å². The van der Waals surface area contributed by atoms with Crippen molar-refractivity contribution in [3.63, 3.8) is 0 Å². The van der Waals surface area contributed by atoms with Crippen molar-refractivity contribution >= 4 is 23.1 Å². The summed E-state index contributed by atoms with van der Waals surface area (Å²) in [6.07, 6.45) is 6.10. The van der Waals surface area contributed by atoms with Crippen LogP contribution in [0.15, 0.2) is 30.0 Å². The van der Waals surface area contributed by atoms with E-state index >= 15 is 0 Å². The Morgan fingerprint density at radius 3 is 3.05 bits per heavy atom. The molecule has 4 rings (SSSR count). The molecule has 0 radical (unpaired) electrons. The highest BCUT2D eigenvalue weighted by Crippen LogP contribution is 2.28. The Labute approximate surface area is 127 Å². The van der Waals surface area contributed by atoms with Crippen LogP contribution in [-0.4, -0.2) is 40.4 Å². The van der Waals surface area contributed by atoms with Crippen molar-refractivity contribution in [3.8, 4) is 0 Å². The molecule has 5 nitrogen and oxygen atoms in total. The first-order chi connectivity index (χ1) is 10.3. The molecule has 0 atom stereocenters. The maximum Gasteiger partial charge on any atom is 0.229 e. The molecule has 2 aromatic heterocycles. The van der Waals surface area contributed by atoms with Crippen molar-refractivity contribution in [1.82, 2.24) is 14.9 Å². The van der Waals surface area contributed by atoms with Gasteiger partial charge in [-0.05, 0) is 23.4 Å². The fourth-order valence-corrected chi connectivity index (χ4v) is 3.86. The number of hydrogen-bond acceptors (Lipinski definition) is 5. The van der Waals surface area contributed by atoms with E-state index in [1.807, 2.05) is 4.90 Å². The number of carbonyl (C=O) groups is 1. The van der Waals surface area contributed by atoms with Crippen LogP contribution >= 0.6 is 11.3 Å². The molecule has 108 valence electrons. The number of hydrogen-bond donors (Lipinski definition) is 0. The molecule has 0 spiro atoms. The Balaban J connectivity index is 1.38. The molecular weight excluding hydrogens is 284 g/mol. The Bertz CT molecular complexity index is 651. The molecule has 0 saturated carbocycles. The minimum Gasteiger partial charge on any atom is -0.354 e. The first-order valence-corrected chi connectivity index (χ1v) is 8.04. The third-order valence-electron chi connectivity index (χ3n) is 4.22. The number of nitrogens with zero attached hydrogens (tertiary/aromatic N) is 4. The minimum absolute atomic E-state index is 0.104. The number of anilines is 1. The zero-order valence-corrected chi connectivity index (χ0v) is 12.4. The molecule has 0 N–H and O–H groups in total. The lowest BCUT2D eigenvalue weighted by Crippen LogP contribution is -2.55. The SMILES string of the molecule is O=C(C1CN(c2cnccn2)C1)N1CCc2sccc2C1. The van der Waals surface area contributed by atoms with Gasteiger partial charge in [-0.3, -0.25) is 9.78 Å². The molecule has 4 heterocycles. The minimum atomic E-state index is 0.104. The summed E-state index contributed by atoms with van der Waals surface area (Å²) in [7, 11) is 0. The van der Waals surface area contributed by atoms with Crippen LogP contribution in [-0.2, 0) is 17.8 Å². The summed E-state index contributed by atoms with van der Waals surface area (Å²) in [5.74, 6) is 1.25. The van der Waals surface area contributed by atoms with Crippen molar-refractivity contribution in [2.24, 2.45) is 5.92 Å². The van der Waals surface area contributed by atoms with Crippen molar-refractivity contribution in [2.45, 2.75) is 13.0 Å². The summed E-state index contributed by atoms with van der Waals surface area (Å²) in [5.41, 5.74) is 1.32. The molecule has 2 aliphatic rings. The van der Waals surface area contributed by atoms with Gasteiger partial charge in [0.2, 0.25) is 5.91 Å². The molecule has 21 heavy (non-hydrogen) atoms. The van der Waals surface area contributed by atoms with Gasteiger partial charge in [-0.15, -0.1) is 11.3 Å². The molecule has 2 aliphatic heterocycles. The maximum atomic E-state index is 12.6. The molecular formula is C15H16N4OS. The number of aromatic nitrogens is 2. The van der Waals surface area contributed by atoms with Crippen LogP contribution in [0, 0.1) is 5.92 Å². The standard InChI is InChI=1S/C15H16N4OS/c20-15(18-5-1-13-11(8-18)2-6-21-13)12-9-19(10-12)14-7-16-3-4-17-14/h2-4,6-7,12H,1,5,8-10H2. The average Bonchev–Trinajstić information content (AvgIpc) is 2.94. The van der Waals surface area contributed by atoms with Gasteiger partial charge in [0.15, 0.2) is 0 Å². The largest absolute Gasteiger partial charge is 0.354 e. The average molecular weight is 300 g/mol. The fraction of sp³-hybridized carbons (Fsp3) is 0.400. The van der Waals surface area contributed by atoms with Crippen LogP contribution in [0.5, 0.6) is 0 Å². The van der Waals surface area contributed by atoms with E-state index in [-0.39, 0.29) is 11.8 Å². The summed E-state index contributed by atoms with van der Waals surface area (Å²) >= 11 is 1.80. The molecule has 0 unspecified atom stereocenters. The van der Waals surface area contributed by atoms with Crippen LogP contribution in [0.2, 0.25) is 0 Å². The second kappa shape index (κ2) is 5.11. The van der Waals surface area contributed by atoms with E-state index in [0.29, 0.717) is 0 Å². The topological polar surface area (TPSA) is 49.3 Å². The van der Waals surface area contributed by atoms with Crippen LogP contribution < -0.4 is 4.90 Å². The van der Waals surface area contributed by atoms with Crippen molar-refractivity contribution < 1.29 is 4.79 Å². The lowest BCUT2D eigenvalue weighted by atomic mass is 9.97. The lowest BCUT2D eigenvalue weighted by Gasteiger charge is -2.41. The summed E-state index contributed by atoms with van der Waals surface area (Å²) in [5, 5.41) is 2.12. The zero-order valence-electron chi connectivity index (χ0n) is 11.6. The van der Waals surface area contributed by atoms with E-state index in [1.165, 1.54) is 10.4 Å². The van der Waals surface area contributed by atoms with E-state index in [2.05, 4.69) is 26.3 Å². The Hall–Kier alpha value is -1.95. The number of carbonyl (C=O) groups excluding carboxylic acids is 1. The summed E-state index contributed by atoms with van der Waals surface area (Å²) < 4.78 is 0. The van der Waals surface area contributed by atoms with Crippen LogP contribution in [0.1, 0.15) is 10.4 Å². The van der Waals surface area contributed by atoms with Gasteiger partial charge in [-0.25, -0.2) is 4.98 Å². The highest BCUT2D eigenvalue weighted by Gasteiger charge is 2.37. The van der Waals surface area contributed by atoms with Crippen LogP contribution in [0.25, 0.3) is 0 Å². The normalized spacial score (nSPS) is 18.3. The Morgan fingerprint density at radius 1 is 1.33 bits per heavy atom. The van der Waals surface area contributed by atoms with E-state index in [0.717, 1.165) is 38.4 Å². The highest BCUT2D eigenvalue weighted by molar-refractivity contribution is 7.10. The summed E-state index contributed by atoms with van der Waals surface area (Å²) in [6.45, 7) is 3.14. The predicted molar refractivity (Wildman–Crippen MR) is 81.2 cm³/mol. The van der Waals surface area contributed by atoms with Crippen molar-refractivity contribution in [2.75, 3.05) is 24.5 Å². The van der Waals surface area contributed by atoms with Gasteiger partial charge < -0.3 is 9.80 Å².